The summed E-state index contributed by atoms with van der Waals surface area (Å²) >= 11 is 0. The molecule has 0 aromatic heterocycles. The van der Waals surface area contributed by atoms with Crippen LogP contribution in [-0.2, 0) is 0 Å². The smallest absolute Gasteiger partial charge is 0.0755 e. The number of hydrogen-bond donors (Lipinski definition) is 3. The maximum atomic E-state index is 5.79. The van der Waals surface area contributed by atoms with Gasteiger partial charge in [0.25, 0.3) is 0 Å². The Bertz CT molecular complexity index is 138. The summed E-state index contributed by atoms with van der Waals surface area (Å²) in [5.74, 6) is 5.79. The van der Waals surface area contributed by atoms with Crippen LogP contribution in [-0.4, -0.2) is 50.1 Å². The second kappa shape index (κ2) is 5.51. The van der Waals surface area contributed by atoms with E-state index in [1.807, 2.05) is 5.01 Å². The lowest BCUT2D eigenvalue weighted by Crippen LogP contribution is -2.60. The van der Waals surface area contributed by atoms with Crippen LogP contribution >= 0.6 is 0 Å². The van der Waals surface area contributed by atoms with Crippen molar-refractivity contribution in [2.24, 2.45) is 5.84 Å². The van der Waals surface area contributed by atoms with E-state index < -0.39 is 0 Å². The van der Waals surface area contributed by atoms with Gasteiger partial charge < -0.3 is 4.90 Å². The molecule has 1 heterocycles. The monoisotopic (exact) mass is 187 g/mol. The molecule has 1 aliphatic rings. The normalized spacial score (nSPS) is 25.4. The van der Waals surface area contributed by atoms with E-state index in [2.05, 4.69) is 29.6 Å². The van der Waals surface area contributed by atoms with Gasteiger partial charge in [-0.1, -0.05) is 0 Å². The van der Waals surface area contributed by atoms with E-state index in [-0.39, 0.29) is 0 Å². The molecule has 5 nitrogen and oxygen atoms in total. The van der Waals surface area contributed by atoms with Crippen LogP contribution in [0.3, 0.4) is 0 Å². The van der Waals surface area contributed by atoms with E-state index in [0.717, 1.165) is 26.3 Å². The number of rotatable bonds is 4. The highest BCUT2D eigenvalue weighted by Crippen LogP contribution is 2.01. The fraction of sp³-hybridized carbons (Fsp3) is 1.00. The summed E-state index contributed by atoms with van der Waals surface area (Å²) in [6.45, 7) is 2.76. The zero-order valence-electron chi connectivity index (χ0n) is 8.58. The third-order valence-electron chi connectivity index (χ3n) is 2.24. The third-order valence-corrected chi connectivity index (χ3v) is 2.24. The van der Waals surface area contributed by atoms with Crippen molar-refractivity contribution in [3.8, 4) is 0 Å². The minimum absolute atomic E-state index is 0.334. The van der Waals surface area contributed by atoms with Gasteiger partial charge in [-0.3, -0.25) is 16.5 Å². The van der Waals surface area contributed by atoms with Crippen molar-refractivity contribution < 1.29 is 0 Å². The van der Waals surface area contributed by atoms with Crippen molar-refractivity contribution in [1.82, 2.24) is 20.5 Å². The second-order valence-electron chi connectivity index (χ2n) is 3.76. The Morgan fingerprint density at radius 1 is 1.54 bits per heavy atom. The average Bonchev–Trinajstić information content (AvgIpc) is 2.08. The van der Waals surface area contributed by atoms with E-state index in [1.165, 1.54) is 6.42 Å². The molecular weight excluding hydrogens is 166 g/mol. The van der Waals surface area contributed by atoms with Crippen molar-refractivity contribution in [3.05, 3.63) is 0 Å². The predicted octanol–water partition coefficient (Wildman–Crippen LogP) is -1.06. The molecular formula is C8H21N5. The van der Waals surface area contributed by atoms with Crippen molar-refractivity contribution >= 4 is 0 Å². The molecule has 0 spiro atoms. The highest BCUT2D eigenvalue weighted by atomic mass is 15.5. The van der Waals surface area contributed by atoms with Gasteiger partial charge in [-0.15, -0.1) is 0 Å². The van der Waals surface area contributed by atoms with Crippen LogP contribution in [0.15, 0.2) is 0 Å². The molecule has 4 N–H and O–H groups in total. The number of hydrogen-bond acceptors (Lipinski definition) is 5. The van der Waals surface area contributed by atoms with Gasteiger partial charge in [-0.05, 0) is 33.5 Å². The van der Waals surface area contributed by atoms with Gasteiger partial charge in [0, 0.05) is 6.67 Å². The first kappa shape index (κ1) is 10.9. The minimum Gasteiger partial charge on any atom is -0.309 e. The summed E-state index contributed by atoms with van der Waals surface area (Å²) in [5.41, 5.74) is 0. The molecule has 1 fully saturated rings. The Morgan fingerprint density at radius 3 is 2.92 bits per heavy atom. The van der Waals surface area contributed by atoms with Gasteiger partial charge in [0.2, 0.25) is 0 Å². The molecule has 0 amide bonds. The SMILES string of the molecule is CN(C)CCCC1NCNCN1N. The zero-order valence-corrected chi connectivity index (χ0v) is 8.58. The average molecular weight is 187 g/mol. The Hall–Kier alpha value is -0.200. The van der Waals surface area contributed by atoms with Crippen molar-refractivity contribution in [2.75, 3.05) is 34.0 Å². The Morgan fingerprint density at radius 2 is 2.31 bits per heavy atom. The summed E-state index contributed by atoms with van der Waals surface area (Å²) in [7, 11) is 4.19. The molecule has 1 unspecified atom stereocenters. The number of nitrogens with zero attached hydrogens (tertiary/aromatic N) is 2. The van der Waals surface area contributed by atoms with Gasteiger partial charge in [0.1, 0.15) is 0 Å². The second-order valence-corrected chi connectivity index (χ2v) is 3.76. The third kappa shape index (κ3) is 4.02. The van der Waals surface area contributed by atoms with Gasteiger partial charge in [-0.2, -0.15) is 0 Å². The summed E-state index contributed by atoms with van der Waals surface area (Å²) in [5, 5.41) is 8.28. The molecule has 0 bridgehead atoms. The van der Waals surface area contributed by atoms with Crippen LogP contribution in [0.5, 0.6) is 0 Å². The van der Waals surface area contributed by atoms with Crippen LogP contribution in [0.2, 0.25) is 0 Å². The van der Waals surface area contributed by atoms with Gasteiger partial charge in [0.15, 0.2) is 0 Å². The maximum absolute atomic E-state index is 5.79. The Labute approximate surface area is 80.2 Å². The first-order valence-corrected chi connectivity index (χ1v) is 4.80. The van der Waals surface area contributed by atoms with E-state index in [1.54, 1.807) is 0 Å². The fourth-order valence-electron chi connectivity index (χ4n) is 1.47. The van der Waals surface area contributed by atoms with Gasteiger partial charge >= 0.3 is 0 Å². The van der Waals surface area contributed by atoms with Crippen molar-refractivity contribution in [1.29, 1.82) is 0 Å². The number of nitrogens with two attached hydrogens (primary N) is 1. The Kier molecular flexibility index (Phi) is 4.61. The molecule has 78 valence electrons. The fourth-order valence-corrected chi connectivity index (χ4v) is 1.47. The molecule has 0 radical (unpaired) electrons. The quantitative estimate of drug-likeness (QED) is 0.490. The largest absolute Gasteiger partial charge is 0.309 e. The van der Waals surface area contributed by atoms with Crippen molar-refractivity contribution in [3.63, 3.8) is 0 Å². The molecule has 13 heavy (non-hydrogen) atoms. The van der Waals surface area contributed by atoms with Crippen LogP contribution in [0.4, 0.5) is 0 Å². The van der Waals surface area contributed by atoms with Crippen LogP contribution in [0, 0.1) is 0 Å². The minimum atomic E-state index is 0.334. The van der Waals surface area contributed by atoms with E-state index in [0.29, 0.717) is 6.17 Å². The molecule has 5 heteroatoms. The molecule has 0 aliphatic carbocycles. The lowest BCUT2D eigenvalue weighted by molar-refractivity contribution is 0.102. The van der Waals surface area contributed by atoms with Gasteiger partial charge in [0.05, 0.1) is 12.8 Å². The summed E-state index contributed by atoms with van der Waals surface area (Å²) in [6, 6.07) is 0. The molecule has 0 saturated carbocycles. The van der Waals surface area contributed by atoms with Crippen molar-refractivity contribution in [2.45, 2.75) is 19.0 Å². The maximum Gasteiger partial charge on any atom is 0.0755 e. The molecule has 1 aliphatic heterocycles. The summed E-state index contributed by atoms with van der Waals surface area (Å²) in [6.07, 6.45) is 2.62. The zero-order chi connectivity index (χ0) is 9.68. The van der Waals surface area contributed by atoms with Crippen LogP contribution in [0.1, 0.15) is 12.8 Å². The lowest BCUT2D eigenvalue weighted by Gasteiger charge is -2.33. The number of hydrazine groups is 1. The van der Waals surface area contributed by atoms with Crippen LogP contribution in [0.25, 0.3) is 0 Å². The van der Waals surface area contributed by atoms with E-state index >= 15 is 0 Å². The Balaban J connectivity index is 2.11. The first-order valence-electron chi connectivity index (χ1n) is 4.80. The summed E-state index contributed by atoms with van der Waals surface area (Å²) < 4.78 is 0. The summed E-state index contributed by atoms with van der Waals surface area (Å²) in [4.78, 5) is 2.20. The standard InChI is InChI=1S/C8H21N5/c1-12(2)5-3-4-8-11-6-10-7-13(8)9/h8,10-11H,3-7,9H2,1-2H3. The molecule has 1 rings (SSSR count). The molecule has 0 aromatic rings. The van der Waals surface area contributed by atoms with E-state index in [4.69, 9.17) is 5.84 Å². The predicted molar refractivity (Wildman–Crippen MR) is 53.6 cm³/mol. The van der Waals surface area contributed by atoms with Gasteiger partial charge in [-0.25, -0.2) is 5.01 Å². The van der Waals surface area contributed by atoms with E-state index in [9.17, 15) is 0 Å². The molecule has 1 saturated heterocycles. The molecule has 1 atom stereocenters. The van der Waals surface area contributed by atoms with Crippen LogP contribution < -0.4 is 16.5 Å². The number of nitrogens with one attached hydrogen (secondary N) is 2. The topological polar surface area (TPSA) is 56.6 Å². The molecule has 0 aromatic carbocycles. The first-order chi connectivity index (χ1) is 6.20. The highest BCUT2D eigenvalue weighted by molar-refractivity contribution is 4.68. The lowest BCUT2D eigenvalue weighted by atomic mass is 10.2. The highest BCUT2D eigenvalue weighted by Gasteiger charge is 2.17.